The Morgan fingerprint density at radius 2 is 2.26 bits per heavy atom. The zero-order valence-corrected chi connectivity index (χ0v) is 11.2. The summed E-state index contributed by atoms with van der Waals surface area (Å²) in [7, 11) is 0. The van der Waals surface area contributed by atoms with Gasteiger partial charge in [-0.2, -0.15) is 0 Å². The number of aliphatic carboxylic acids is 1. The third-order valence-corrected chi connectivity index (χ3v) is 3.86. The lowest BCUT2D eigenvalue weighted by atomic mass is 9.92. The zero-order valence-electron chi connectivity index (χ0n) is 11.2. The van der Waals surface area contributed by atoms with Crippen LogP contribution >= 0.6 is 0 Å². The lowest BCUT2D eigenvalue weighted by molar-refractivity contribution is -0.148. The second kappa shape index (κ2) is 4.99. The van der Waals surface area contributed by atoms with Gasteiger partial charge in [0.1, 0.15) is 5.54 Å². The molecule has 0 bridgehead atoms. The fourth-order valence-corrected chi connectivity index (χ4v) is 2.75. The Kier molecular flexibility index (Phi) is 3.55. The van der Waals surface area contributed by atoms with Gasteiger partial charge < -0.3 is 10.0 Å². The van der Waals surface area contributed by atoms with Gasteiger partial charge in [0.15, 0.2) is 0 Å². The molecular weight excluding hydrogens is 244 g/mol. The van der Waals surface area contributed by atoms with Crippen LogP contribution in [0.5, 0.6) is 0 Å². The number of carbonyl (C=O) groups is 2. The molecule has 1 aromatic heterocycles. The minimum Gasteiger partial charge on any atom is -0.479 e. The standard InChI is InChI=1S/C14H18N2O3/c1-3-14(13(18)19)6-4-8-16(14)12(17)11-5-7-15-10(2)9-11/h5,7,9H,3-4,6,8H2,1-2H3,(H,18,19). The van der Waals surface area contributed by atoms with Crippen LogP contribution in [0, 0.1) is 6.92 Å². The number of likely N-dealkylation sites (tertiary alicyclic amines) is 1. The summed E-state index contributed by atoms with van der Waals surface area (Å²) in [5.41, 5.74) is 0.213. The summed E-state index contributed by atoms with van der Waals surface area (Å²) in [5, 5.41) is 9.48. The van der Waals surface area contributed by atoms with E-state index in [0.717, 1.165) is 12.1 Å². The van der Waals surface area contributed by atoms with Gasteiger partial charge in [0.05, 0.1) is 0 Å². The van der Waals surface area contributed by atoms with Crippen LogP contribution in [-0.2, 0) is 4.79 Å². The van der Waals surface area contributed by atoms with E-state index in [1.807, 2.05) is 13.8 Å². The van der Waals surface area contributed by atoms with Gasteiger partial charge in [0.2, 0.25) is 0 Å². The number of aromatic nitrogens is 1. The summed E-state index contributed by atoms with van der Waals surface area (Å²) < 4.78 is 0. The van der Waals surface area contributed by atoms with Gasteiger partial charge in [-0.25, -0.2) is 4.79 Å². The van der Waals surface area contributed by atoms with E-state index < -0.39 is 11.5 Å². The molecule has 5 nitrogen and oxygen atoms in total. The molecule has 102 valence electrons. The first-order valence-corrected chi connectivity index (χ1v) is 6.49. The number of carboxylic acids is 1. The number of nitrogens with zero attached hydrogens (tertiary/aromatic N) is 2. The van der Waals surface area contributed by atoms with E-state index in [1.54, 1.807) is 18.3 Å². The van der Waals surface area contributed by atoms with Crippen LogP contribution in [0.1, 0.15) is 42.2 Å². The molecule has 0 aromatic carbocycles. The fourth-order valence-electron chi connectivity index (χ4n) is 2.75. The van der Waals surface area contributed by atoms with Crippen molar-refractivity contribution in [1.29, 1.82) is 0 Å². The maximum atomic E-state index is 12.5. The van der Waals surface area contributed by atoms with Crippen molar-refractivity contribution in [2.75, 3.05) is 6.54 Å². The minimum absolute atomic E-state index is 0.216. The summed E-state index contributed by atoms with van der Waals surface area (Å²) >= 11 is 0. The monoisotopic (exact) mass is 262 g/mol. The van der Waals surface area contributed by atoms with Crippen LogP contribution in [0.15, 0.2) is 18.3 Å². The molecule has 1 aliphatic heterocycles. The summed E-state index contributed by atoms with van der Waals surface area (Å²) in [6.45, 7) is 4.13. The Labute approximate surface area is 112 Å². The highest BCUT2D eigenvalue weighted by atomic mass is 16.4. The topological polar surface area (TPSA) is 70.5 Å². The molecule has 1 amide bonds. The smallest absolute Gasteiger partial charge is 0.329 e. The minimum atomic E-state index is -1.05. The summed E-state index contributed by atoms with van der Waals surface area (Å²) in [6, 6.07) is 3.33. The second-order valence-corrected chi connectivity index (χ2v) is 4.94. The lowest BCUT2D eigenvalue weighted by Crippen LogP contribution is -2.52. The first-order valence-electron chi connectivity index (χ1n) is 6.49. The maximum Gasteiger partial charge on any atom is 0.329 e. The molecule has 1 aliphatic rings. The predicted molar refractivity (Wildman–Crippen MR) is 69.9 cm³/mol. The van der Waals surface area contributed by atoms with Gasteiger partial charge in [0.25, 0.3) is 5.91 Å². The maximum absolute atomic E-state index is 12.5. The molecule has 0 radical (unpaired) electrons. The highest BCUT2D eigenvalue weighted by Crippen LogP contribution is 2.34. The van der Waals surface area contributed by atoms with Crippen molar-refractivity contribution in [3.8, 4) is 0 Å². The number of carboxylic acid groups (broad SMARTS) is 1. The number of hydrogen-bond donors (Lipinski definition) is 1. The van der Waals surface area contributed by atoms with Gasteiger partial charge >= 0.3 is 5.97 Å². The molecule has 1 aromatic rings. The van der Waals surface area contributed by atoms with Crippen LogP contribution in [0.4, 0.5) is 0 Å². The first kappa shape index (κ1) is 13.5. The Morgan fingerprint density at radius 3 is 2.84 bits per heavy atom. The Morgan fingerprint density at radius 1 is 1.53 bits per heavy atom. The van der Waals surface area contributed by atoms with Crippen molar-refractivity contribution < 1.29 is 14.7 Å². The largest absolute Gasteiger partial charge is 0.479 e. The average Bonchev–Trinajstić information content (AvgIpc) is 2.82. The molecular formula is C14H18N2O3. The van der Waals surface area contributed by atoms with Crippen LogP contribution < -0.4 is 0 Å². The van der Waals surface area contributed by atoms with E-state index >= 15 is 0 Å². The number of rotatable bonds is 3. The average molecular weight is 262 g/mol. The number of pyridine rings is 1. The highest BCUT2D eigenvalue weighted by Gasteiger charge is 2.48. The summed E-state index contributed by atoms with van der Waals surface area (Å²) in [6.07, 6.45) is 3.26. The van der Waals surface area contributed by atoms with Crippen molar-refractivity contribution in [2.45, 2.75) is 38.6 Å². The summed E-state index contributed by atoms with van der Waals surface area (Å²) in [5.74, 6) is -1.13. The van der Waals surface area contributed by atoms with Crippen LogP contribution in [-0.4, -0.2) is 39.0 Å². The Balaban J connectivity index is 2.35. The second-order valence-electron chi connectivity index (χ2n) is 4.94. The Bertz CT molecular complexity index is 515. The molecule has 5 heteroatoms. The molecule has 1 N–H and O–H groups in total. The number of carbonyl (C=O) groups excluding carboxylic acids is 1. The number of hydrogen-bond acceptors (Lipinski definition) is 3. The van der Waals surface area contributed by atoms with Crippen molar-refractivity contribution in [1.82, 2.24) is 9.88 Å². The highest BCUT2D eigenvalue weighted by molar-refractivity contribution is 5.98. The molecule has 1 atom stereocenters. The first-order chi connectivity index (χ1) is 9.01. The van der Waals surface area contributed by atoms with E-state index in [1.165, 1.54) is 4.90 Å². The number of amides is 1. The molecule has 1 unspecified atom stereocenters. The summed E-state index contributed by atoms with van der Waals surface area (Å²) in [4.78, 5) is 29.6. The quantitative estimate of drug-likeness (QED) is 0.902. The zero-order chi connectivity index (χ0) is 14.0. The van der Waals surface area contributed by atoms with Crippen LogP contribution in [0.3, 0.4) is 0 Å². The van der Waals surface area contributed by atoms with Crippen molar-refractivity contribution >= 4 is 11.9 Å². The van der Waals surface area contributed by atoms with Crippen molar-refractivity contribution in [3.05, 3.63) is 29.6 Å². The molecule has 1 saturated heterocycles. The lowest BCUT2D eigenvalue weighted by Gasteiger charge is -2.34. The molecule has 0 aliphatic carbocycles. The number of aryl methyl sites for hydroxylation is 1. The predicted octanol–water partition coefficient (Wildman–Crippen LogP) is 1.86. The van der Waals surface area contributed by atoms with E-state index in [2.05, 4.69) is 4.98 Å². The fraction of sp³-hybridized carbons (Fsp3) is 0.500. The van der Waals surface area contributed by atoms with E-state index in [4.69, 9.17) is 0 Å². The van der Waals surface area contributed by atoms with Crippen molar-refractivity contribution in [2.24, 2.45) is 0 Å². The Hall–Kier alpha value is -1.91. The molecule has 2 rings (SSSR count). The van der Waals surface area contributed by atoms with Crippen LogP contribution in [0.25, 0.3) is 0 Å². The van der Waals surface area contributed by atoms with Crippen LogP contribution in [0.2, 0.25) is 0 Å². The molecule has 0 spiro atoms. The molecule has 1 fully saturated rings. The van der Waals surface area contributed by atoms with E-state index in [-0.39, 0.29) is 5.91 Å². The normalized spacial score (nSPS) is 22.5. The van der Waals surface area contributed by atoms with E-state index in [0.29, 0.717) is 24.9 Å². The van der Waals surface area contributed by atoms with E-state index in [9.17, 15) is 14.7 Å². The van der Waals surface area contributed by atoms with Gasteiger partial charge in [-0.05, 0) is 38.3 Å². The van der Waals surface area contributed by atoms with Gasteiger partial charge in [-0.1, -0.05) is 6.92 Å². The van der Waals surface area contributed by atoms with Crippen molar-refractivity contribution in [3.63, 3.8) is 0 Å². The molecule has 2 heterocycles. The third-order valence-electron chi connectivity index (χ3n) is 3.86. The molecule has 19 heavy (non-hydrogen) atoms. The van der Waals surface area contributed by atoms with Gasteiger partial charge in [-0.3, -0.25) is 9.78 Å². The van der Waals surface area contributed by atoms with Gasteiger partial charge in [0, 0.05) is 24.0 Å². The van der Waals surface area contributed by atoms with Gasteiger partial charge in [-0.15, -0.1) is 0 Å². The third kappa shape index (κ3) is 2.20. The molecule has 0 saturated carbocycles. The SMILES string of the molecule is CCC1(C(=O)O)CCCN1C(=O)c1ccnc(C)c1.